The Hall–Kier alpha value is -2.81. The van der Waals surface area contributed by atoms with E-state index in [-0.39, 0.29) is 5.91 Å². The summed E-state index contributed by atoms with van der Waals surface area (Å²) in [5.74, 6) is -1.40. The smallest absolute Gasteiger partial charge is 0.414 e. The lowest BCUT2D eigenvalue weighted by molar-refractivity contribution is -0.159. The molecule has 168 valence electrons. The fourth-order valence-electron chi connectivity index (χ4n) is 3.23. The number of amides is 1. The van der Waals surface area contributed by atoms with Crippen molar-refractivity contribution >= 4 is 17.8 Å². The normalized spacial score (nSPS) is 13.5. The standard InChI is InChI=1S/C19H30N2O3.C2H2O4/c1-23-17-9-8-15(12-18(17)24-2)10-11-21-19(22)14-20-13-16-6-4-3-5-7-16;3-1(4)2(5)6/h8-9,12,16,20H,3-7,10-11,13-14H2,1-2H3,(H,21,22);(H,3,4)(H,5,6). The van der Waals surface area contributed by atoms with Gasteiger partial charge in [-0.25, -0.2) is 9.59 Å². The first-order valence-electron chi connectivity index (χ1n) is 10.0. The third-order valence-corrected chi connectivity index (χ3v) is 4.81. The van der Waals surface area contributed by atoms with Crippen molar-refractivity contribution in [1.82, 2.24) is 10.6 Å². The second-order valence-electron chi connectivity index (χ2n) is 7.03. The van der Waals surface area contributed by atoms with Gasteiger partial charge in [0.1, 0.15) is 0 Å². The number of methoxy groups -OCH3 is 2. The zero-order chi connectivity index (χ0) is 22.4. The molecule has 30 heavy (non-hydrogen) atoms. The van der Waals surface area contributed by atoms with Crippen molar-refractivity contribution < 1.29 is 34.1 Å². The Morgan fingerprint density at radius 1 is 1.00 bits per heavy atom. The fraction of sp³-hybridized carbons (Fsp3) is 0.571. The number of rotatable bonds is 9. The Balaban J connectivity index is 0.000000656. The summed E-state index contributed by atoms with van der Waals surface area (Å²) < 4.78 is 10.5. The van der Waals surface area contributed by atoms with E-state index in [1.165, 1.54) is 32.1 Å². The molecule has 0 heterocycles. The third kappa shape index (κ3) is 10.1. The molecule has 9 nitrogen and oxygen atoms in total. The molecule has 0 atom stereocenters. The van der Waals surface area contributed by atoms with Gasteiger partial charge in [-0.2, -0.15) is 0 Å². The highest BCUT2D eigenvalue weighted by Crippen LogP contribution is 2.27. The first-order valence-corrected chi connectivity index (χ1v) is 10.0. The van der Waals surface area contributed by atoms with Gasteiger partial charge >= 0.3 is 11.9 Å². The molecule has 9 heteroatoms. The first-order chi connectivity index (χ1) is 14.4. The summed E-state index contributed by atoms with van der Waals surface area (Å²) in [6.07, 6.45) is 7.41. The van der Waals surface area contributed by atoms with Crippen LogP contribution in [0.4, 0.5) is 0 Å². The molecule has 1 aromatic carbocycles. The first kappa shape index (κ1) is 25.2. The predicted octanol–water partition coefficient (Wildman–Crippen LogP) is 1.69. The molecule has 2 rings (SSSR count). The molecule has 4 N–H and O–H groups in total. The van der Waals surface area contributed by atoms with E-state index in [2.05, 4.69) is 10.6 Å². The van der Waals surface area contributed by atoms with Gasteiger partial charge in [-0.1, -0.05) is 25.3 Å². The third-order valence-electron chi connectivity index (χ3n) is 4.81. The average Bonchev–Trinajstić information content (AvgIpc) is 2.74. The monoisotopic (exact) mass is 424 g/mol. The number of hydrogen-bond acceptors (Lipinski definition) is 6. The van der Waals surface area contributed by atoms with Crippen molar-refractivity contribution in [2.75, 3.05) is 33.9 Å². The molecule has 0 aromatic heterocycles. The lowest BCUT2D eigenvalue weighted by Crippen LogP contribution is -2.37. The van der Waals surface area contributed by atoms with Crippen molar-refractivity contribution in [1.29, 1.82) is 0 Å². The van der Waals surface area contributed by atoms with Gasteiger partial charge in [0.2, 0.25) is 5.91 Å². The molecule has 1 aliphatic carbocycles. The van der Waals surface area contributed by atoms with E-state index in [0.717, 1.165) is 35.9 Å². The molecular weight excluding hydrogens is 392 g/mol. The summed E-state index contributed by atoms with van der Waals surface area (Å²) in [6, 6.07) is 5.84. The summed E-state index contributed by atoms with van der Waals surface area (Å²) >= 11 is 0. The summed E-state index contributed by atoms with van der Waals surface area (Å²) in [5, 5.41) is 21.0. The lowest BCUT2D eigenvalue weighted by atomic mass is 9.89. The highest BCUT2D eigenvalue weighted by atomic mass is 16.5. The minimum atomic E-state index is -1.82. The van der Waals surface area contributed by atoms with E-state index in [1.54, 1.807) is 14.2 Å². The van der Waals surface area contributed by atoms with Gasteiger partial charge in [0.05, 0.1) is 20.8 Å². The molecule has 0 aliphatic heterocycles. The van der Waals surface area contributed by atoms with Crippen LogP contribution in [0.25, 0.3) is 0 Å². The lowest BCUT2D eigenvalue weighted by Gasteiger charge is -2.21. The van der Waals surface area contributed by atoms with Gasteiger partial charge in [0, 0.05) is 6.54 Å². The van der Waals surface area contributed by atoms with Crippen LogP contribution < -0.4 is 20.1 Å². The van der Waals surface area contributed by atoms with Crippen LogP contribution in [-0.2, 0) is 20.8 Å². The number of ether oxygens (including phenoxy) is 2. The van der Waals surface area contributed by atoms with Crippen molar-refractivity contribution in [3.63, 3.8) is 0 Å². The average molecular weight is 424 g/mol. The van der Waals surface area contributed by atoms with Gasteiger partial charge in [0.25, 0.3) is 0 Å². The Kier molecular flexibility index (Phi) is 12.0. The molecule has 1 saturated carbocycles. The second kappa shape index (κ2) is 14.2. The summed E-state index contributed by atoms with van der Waals surface area (Å²) in [4.78, 5) is 30.1. The highest BCUT2D eigenvalue weighted by molar-refractivity contribution is 6.27. The van der Waals surface area contributed by atoms with E-state index in [4.69, 9.17) is 29.3 Å². The molecule has 0 spiro atoms. The van der Waals surface area contributed by atoms with E-state index < -0.39 is 11.9 Å². The quantitative estimate of drug-likeness (QED) is 0.440. The molecule has 0 unspecified atom stereocenters. The van der Waals surface area contributed by atoms with Gasteiger partial charge in [0.15, 0.2) is 11.5 Å². The van der Waals surface area contributed by atoms with E-state index in [1.807, 2.05) is 18.2 Å². The van der Waals surface area contributed by atoms with Crippen molar-refractivity contribution in [2.24, 2.45) is 5.92 Å². The Morgan fingerprint density at radius 3 is 2.20 bits per heavy atom. The van der Waals surface area contributed by atoms with Crippen molar-refractivity contribution in [2.45, 2.75) is 38.5 Å². The number of carboxylic acids is 2. The van der Waals surface area contributed by atoms with Crippen LogP contribution >= 0.6 is 0 Å². The van der Waals surface area contributed by atoms with E-state index in [0.29, 0.717) is 13.1 Å². The summed E-state index contributed by atoms with van der Waals surface area (Å²) in [5.41, 5.74) is 1.11. The van der Waals surface area contributed by atoms with Crippen LogP contribution in [0.3, 0.4) is 0 Å². The van der Waals surface area contributed by atoms with Gasteiger partial charge in [-0.15, -0.1) is 0 Å². The highest BCUT2D eigenvalue weighted by Gasteiger charge is 2.13. The number of benzene rings is 1. The van der Waals surface area contributed by atoms with Crippen LogP contribution in [0, 0.1) is 5.92 Å². The van der Waals surface area contributed by atoms with Crippen molar-refractivity contribution in [3.05, 3.63) is 23.8 Å². The fourth-order valence-corrected chi connectivity index (χ4v) is 3.23. The maximum atomic E-state index is 11.9. The predicted molar refractivity (Wildman–Crippen MR) is 111 cm³/mol. The molecule has 1 fully saturated rings. The number of carbonyl (C=O) groups is 3. The second-order valence-corrected chi connectivity index (χ2v) is 7.03. The topological polar surface area (TPSA) is 134 Å². The van der Waals surface area contributed by atoms with Gasteiger partial charge in [-0.05, 0) is 49.4 Å². The molecule has 0 radical (unpaired) electrons. The van der Waals surface area contributed by atoms with Gasteiger partial charge in [-0.3, -0.25) is 4.79 Å². The van der Waals surface area contributed by atoms with Gasteiger partial charge < -0.3 is 30.3 Å². The molecule has 0 bridgehead atoms. The molecule has 0 saturated heterocycles. The maximum Gasteiger partial charge on any atom is 0.414 e. The molecule has 1 amide bonds. The number of carbonyl (C=O) groups excluding carboxylic acids is 1. The van der Waals surface area contributed by atoms with Crippen molar-refractivity contribution in [3.8, 4) is 11.5 Å². The zero-order valence-corrected chi connectivity index (χ0v) is 17.6. The summed E-state index contributed by atoms with van der Waals surface area (Å²) in [7, 11) is 3.25. The van der Waals surface area contributed by atoms with Crippen LogP contribution in [0.2, 0.25) is 0 Å². The van der Waals surface area contributed by atoms with Crippen LogP contribution in [0.15, 0.2) is 18.2 Å². The van der Waals surface area contributed by atoms with Crippen LogP contribution in [0.1, 0.15) is 37.7 Å². The van der Waals surface area contributed by atoms with Crippen LogP contribution in [0.5, 0.6) is 11.5 Å². The SMILES string of the molecule is COc1ccc(CCNC(=O)CNCC2CCCCC2)cc1OC.O=C(O)C(=O)O. The Labute approximate surface area is 176 Å². The number of hydrogen-bond donors (Lipinski definition) is 4. The van der Waals surface area contributed by atoms with E-state index >= 15 is 0 Å². The molecule has 1 aromatic rings. The van der Waals surface area contributed by atoms with E-state index in [9.17, 15) is 4.79 Å². The molecule has 1 aliphatic rings. The molecular formula is C21H32N2O7. The van der Waals surface area contributed by atoms with Crippen LogP contribution in [-0.4, -0.2) is 61.9 Å². The maximum absolute atomic E-state index is 11.9. The largest absolute Gasteiger partial charge is 0.493 e. The number of carboxylic acid groups (broad SMARTS) is 2. The Morgan fingerprint density at radius 2 is 1.63 bits per heavy atom. The Bertz CT molecular complexity index is 676. The number of nitrogens with one attached hydrogen (secondary N) is 2. The summed E-state index contributed by atoms with van der Waals surface area (Å²) in [6.45, 7) is 1.99. The number of aliphatic carboxylic acids is 2. The minimum absolute atomic E-state index is 0.0614. The minimum Gasteiger partial charge on any atom is -0.493 e. The zero-order valence-electron chi connectivity index (χ0n) is 17.6.